The van der Waals surface area contributed by atoms with Crippen molar-refractivity contribution in [1.29, 1.82) is 0 Å². The van der Waals surface area contributed by atoms with Crippen molar-refractivity contribution in [1.82, 2.24) is 21.3 Å². The van der Waals surface area contributed by atoms with Crippen LogP contribution in [0.25, 0.3) is 0 Å². The van der Waals surface area contributed by atoms with E-state index in [2.05, 4.69) is 102 Å². The normalized spacial score (nSPS) is 12.3. The minimum Gasteiger partial charge on any atom is -0.359 e. The first-order valence-electron chi connectivity index (χ1n) is 9.80. The molecule has 0 unspecified atom stereocenters. The maximum Gasteiger partial charge on any atom is 0.166 e. The summed E-state index contributed by atoms with van der Waals surface area (Å²) in [7, 11) is 0. The molecular formula is C22H38N4S2. The summed E-state index contributed by atoms with van der Waals surface area (Å²) in [4.78, 5) is 0. The summed E-state index contributed by atoms with van der Waals surface area (Å²) in [6.07, 6.45) is 0. The minimum atomic E-state index is -0.0534. The maximum absolute atomic E-state index is 5.42. The van der Waals surface area contributed by atoms with Gasteiger partial charge in [-0.2, -0.15) is 0 Å². The summed E-state index contributed by atoms with van der Waals surface area (Å²) in [5.74, 6) is 0. The molecule has 0 aliphatic carbocycles. The maximum atomic E-state index is 5.42. The summed E-state index contributed by atoms with van der Waals surface area (Å²) < 4.78 is 0. The van der Waals surface area contributed by atoms with Gasteiger partial charge in [0.2, 0.25) is 0 Å². The third kappa shape index (κ3) is 10.2. The molecule has 0 amide bonds. The molecule has 0 fully saturated rings. The molecule has 1 rings (SSSR count). The van der Waals surface area contributed by atoms with Gasteiger partial charge >= 0.3 is 0 Å². The number of hydrogen-bond donors (Lipinski definition) is 4. The summed E-state index contributed by atoms with van der Waals surface area (Å²) >= 11 is 10.8. The summed E-state index contributed by atoms with van der Waals surface area (Å²) in [6, 6.07) is 6.71. The Morgan fingerprint density at radius 1 is 0.679 bits per heavy atom. The van der Waals surface area contributed by atoms with E-state index in [1.54, 1.807) is 0 Å². The van der Waals surface area contributed by atoms with Crippen molar-refractivity contribution in [2.24, 2.45) is 0 Å². The van der Waals surface area contributed by atoms with Crippen molar-refractivity contribution in [3.05, 3.63) is 34.9 Å². The molecule has 158 valence electrons. The van der Waals surface area contributed by atoms with Gasteiger partial charge in [0.15, 0.2) is 10.2 Å². The van der Waals surface area contributed by atoms with E-state index < -0.39 is 0 Å². The first-order valence-corrected chi connectivity index (χ1v) is 10.6. The quantitative estimate of drug-likeness (QED) is 0.536. The molecule has 1 aromatic carbocycles. The molecule has 28 heavy (non-hydrogen) atoms. The van der Waals surface area contributed by atoms with Gasteiger partial charge in [0, 0.05) is 24.2 Å². The Morgan fingerprint density at radius 2 is 1.04 bits per heavy atom. The third-order valence-electron chi connectivity index (χ3n) is 3.80. The van der Waals surface area contributed by atoms with Crippen molar-refractivity contribution in [2.45, 2.75) is 91.9 Å². The Labute approximate surface area is 182 Å². The van der Waals surface area contributed by atoms with E-state index in [0.717, 1.165) is 0 Å². The van der Waals surface area contributed by atoms with Crippen molar-refractivity contribution >= 4 is 34.7 Å². The van der Waals surface area contributed by atoms with Crippen molar-refractivity contribution in [2.75, 3.05) is 0 Å². The molecule has 0 aromatic heterocycles. The van der Waals surface area contributed by atoms with Gasteiger partial charge in [-0.1, -0.05) is 39.0 Å². The van der Waals surface area contributed by atoms with Crippen LogP contribution in [0.5, 0.6) is 0 Å². The number of benzene rings is 1. The largest absolute Gasteiger partial charge is 0.359 e. The summed E-state index contributed by atoms with van der Waals surface area (Å²) in [5, 5.41) is 14.6. The van der Waals surface area contributed by atoms with E-state index in [1.165, 1.54) is 16.7 Å². The van der Waals surface area contributed by atoms with Crippen LogP contribution in [0.4, 0.5) is 0 Å². The fraction of sp³-hybridized carbons (Fsp3) is 0.636. The predicted molar refractivity (Wildman–Crippen MR) is 130 cm³/mol. The van der Waals surface area contributed by atoms with E-state index in [1.807, 2.05) is 0 Å². The summed E-state index contributed by atoms with van der Waals surface area (Å²) in [6.45, 7) is 20.6. The van der Waals surface area contributed by atoms with Crippen LogP contribution in [0.1, 0.15) is 79.0 Å². The van der Waals surface area contributed by atoms with E-state index in [0.29, 0.717) is 23.3 Å². The van der Waals surface area contributed by atoms with E-state index in [9.17, 15) is 0 Å². The predicted octanol–water partition coefficient (Wildman–Crippen LogP) is 4.51. The monoisotopic (exact) mass is 422 g/mol. The van der Waals surface area contributed by atoms with Crippen LogP contribution >= 0.6 is 24.4 Å². The molecule has 4 N–H and O–H groups in total. The van der Waals surface area contributed by atoms with Gasteiger partial charge in [-0.25, -0.2) is 0 Å². The van der Waals surface area contributed by atoms with Gasteiger partial charge in [0.25, 0.3) is 0 Å². The molecule has 0 saturated heterocycles. The fourth-order valence-electron chi connectivity index (χ4n) is 2.53. The molecule has 0 saturated carbocycles. The Kier molecular flexibility index (Phi) is 8.27. The van der Waals surface area contributed by atoms with Crippen LogP contribution in [-0.2, 0) is 18.5 Å². The van der Waals surface area contributed by atoms with E-state index in [4.69, 9.17) is 24.4 Å². The third-order valence-corrected chi connectivity index (χ3v) is 4.29. The van der Waals surface area contributed by atoms with Gasteiger partial charge < -0.3 is 21.3 Å². The highest BCUT2D eigenvalue weighted by molar-refractivity contribution is 7.80. The van der Waals surface area contributed by atoms with Crippen molar-refractivity contribution < 1.29 is 0 Å². The lowest BCUT2D eigenvalue weighted by Gasteiger charge is -2.25. The van der Waals surface area contributed by atoms with Crippen molar-refractivity contribution in [3.8, 4) is 0 Å². The van der Waals surface area contributed by atoms with Gasteiger partial charge in [-0.05, 0) is 88.1 Å². The average Bonchev–Trinajstić information content (AvgIpc) is 2.46. The minimum absolute atomic E-state index is 0.0534. The van der Waals surface area contributed by atoms with Crippen LogP contribution in [0.3, 0.4) is 0 Å². The lowest BCUT2D eigenvalue weighted by atomic mass is 9.85. The Morgan fingerprint density at radius 3 is 1.32 bits per heavy atom. The van der Waals surface area contributed by atoms with Gasteiger partial charge in [0.05, 0.1) is 0 Å². The van der Waals surface area contributed by atoms with Crippen LogP contribution < -0.4 is 21.3 Å². The zero-order chi connectivity index (χ0) is 21.8. The topological polar surface area (TPSA) is 48.1 Å². The van der Waals surface area contributed by atoms with Gasteiger partial charge in [-0.3, -0.25) is 0 Å². The first kappa shape index (κ1) is 24.6. The van der Waals surface area contributed by atoms with E-state index in [-0.39, 0.29) is 16.5 Å². The molecule has 4 nitrogen and oxygen atoms in total. The second-order valence-corrected chi connectivity index (χ2v) is 11.2. The number of nitrogens with one attached hydrogen (secondary N) is 4. The Balaban J connectivity index is 2.89. The molecule has 0 aliphatic rings. The number of hydrogen-bond acceptors (Lipinski definition) is 2. The first-order chi connectivity index (χ1) is 12.5. The Hall–Kier alpha value is -1.40. The van der Waals surface area contributed by atoms with E-state index >= 15 is 0 Å². The molecule has 0 aliphatic heterocycles. The zero-order valence-corrected chi connectivity index (χ0v) is 20.6. The summed E-state index contributed by atoms with van der Waals surface area (Å²) in [5.41, 5.74) is 3.67. The smallest absolute Gasteiger partial charge is 0.166 e. The number of thiocarbonyl (C=S) groups is 2. The zero-order valence-electron chi connectivity index (χ0n) is 19.0. The van der Waals surface area contributed by atoms with Crippen LogP contribution in [-0.4, -0.2) is 21.3 Å². The molecule has 0 spiro atoms. The molecule has 0 heterocycles. The van der Waals surface area contributed by atoms with Gasteiger partial charge in [-0.15, -0.1) is 0 Å². The second-order valence-electron chi connectivity index (χ2n) is 10.4. The lowest BCUT2D eigenvalue weighted by molar-refractivity contribution is 0.506. The highest BCUT2D eigenvalue weighted by Crippen LogP contribution is 2.25. The molecule has 0 radical (unpaired) electrons. The van der Waals surface area contributed by atoms with Gasteiger partial charge in [0.1, 0.15) is 0 Å². The highest BCUT2D eigenvalue weighted by atomic mass is 32.1. The standard InChI is InChI=1S/C22H38N4S2/c1-20(2,3)17-11-15(13-23-18(27)25-21(4,5)6)10-16(12-17)14-24-19(28)26-22(7,8)9/h10-12H,13-14H2,1-9H3,(H2,23,25,27)(H2,24,26,28). The van der Waals surface area contributed by atoms with Crippen LogP contribution in [0.15, 0.2) is 18.2 Å². The second kappa shape index (κ2) is 9.40. The molecule has 6 heteroatoms. The van der Waals surface area contributed by atoms with Crippen molar-refractivity contribution in [3.63, 3.8) is 0 Å². The highest BCUT2D eigenvalue weighted by Gasteiger charge is 2.17. The molecule has 1 aromatic rings. The molecule has 0 bridgehead atoms. The lowest BCUT2D eigenvalue weighted by Crippen LogP contribution is -2.46. The van der Waals surface area contributed by atoms with Crippen LogP contribution in [0.2, 0.25) is 0 Å². The molecular weight excluding hydrogens is 384 g/mol. The molecule has 0 atom stereocenters. The fourth-order valence-corrected chi connectivity index (χ4v) is 3.29. The SMILES string of the molecule is CC(C)(C)NC(=S)NCc1cc(CNC(=S)NC(C)(C)C)cc(C(C)(C)C)c1. The number of rotatable bonds is 4. The Bertz CT molecular complexity index is 642. The average molecular weight is 423 g/mol. The van der Waals surface area contributed by atoms with Crippen LogP contribution in [0, 0.1) is 0 Å².